The van der Waals surface area contributed by atoms with Crippen molar-refractivity contribution in [3.05, 3.63) is 75.2 Å². The molecule has 0 aliphatic rings. The average molecular weight is 373 g/mol. The van der Waals surface area contributed by atoms with Gasteiger partial charge < -0.3 is 9.97 Å². The van der Waals surface area contributed by atoms with Gasteiger partial charge in [0.25, 0.3) is 5.56 Å². The minimum atomic E-state index is -4.66. The molecule has 0 fully saturated rings. The van der Waals surface area contributed by atoms with E-state index in [9.17, 15) is 22.8 Å². The molecule has 0 spiro atoms. The van der Waals surface area contributed by atoms with E-state index in [1.807, 2.05) is 0 Å². The molecule has 7 nitrogen and oxygen atoms in total. The number of hydrogen-bond acceptors (Lipinski definition) is 4. The highest BCUT2D eigenvalue weighted by atomic mass is 19.4. The number of nitrogens with zero attached hydrogens (tertiary/aromatic N) is 3. The molecule has 0 saturated heterocycles. The second kappa shape index (κ2) is 5.94. The molecule has 0 aliphatic carbocycles. The number of fused-ring (bicyclic) bond motifs is 1. The summed E-state index contributed by atoms with van der Waals surface area (Å²) in [4.78, 5) is 37.4. The third-order valence-electron chi connectivity index (χ3n) is 3.93. The van der Waals surface area contributed by atoms with Crippen LogP contribution in [0.3, 0.4) is 0 Å². The van der Waals surface area contributed by atoms with E-state index in [-0.39, 0.29) is 28.2 Å². The van der Waals surface area contributed by atoms with Crippen LogP contribution in [-0.4, -0.2) is 24.5 Å². The Bertz CT molecular complexity index is 1270. The molecule has 0 amide bonds. The van der Waals surface area contributed by atoms with Crippen LogP contribution in [0.25, 0.3) is 28.2 Å². The number of aromatic amines is 2. The highest BCUT2D eigenvalue weighted by molar-refractivity contribution is 5.75. The van der Waals surface area contributed by atoms with Crippen molar-refractivity contribution >= 4 is 11.2 Å². The predicted octanol–water partition coefficient (Wildman–Crippen LogP) is 2.48. The van der Waals surface area contributed by atoms with Crippen molar-refractivity contribution in [2.45, 2.75) is 6.18 Å². The number of nitrogens with one attached hydrogen (secondary N) is 2. The Morgan fingerprint density at radius 3 is 2.56 bits per heavy atom. The number of para-hydroxylation sites is 1. The minimum Gasteiger partial charge on any atom is -0.328 e. The maximum atomic E-state index is 13.4. The number of aromatic nitrogens is 5. The summed E-state index contributed by atoms with van der Waals surface area (Å²) in [6.45, 7) is 0. The van der Waals surface area contributed by atoms with E-state index < -0.39 is 23.0 Å². The van der Waals surface area contributed by atoms with Gasteiger partial charge in [-0.25, -0.2) is 19.3 Å². The van der Waals surface area contributed by atoms with Gasteiger partial charge in [-0.15, -0.1) is 0 Å². The van der Waals surface area contributed by atoms with Crippen LogP contribution in [0.2, 0.25) is 0 Å². The van der Waals surface area contributed by atoms with E-state index in [1.165, 1.54) is 36.7 Å². The van der Waals surface area contributed by atoms with E-state index in [1.54, 1.807) is 6.07 Å². The highest BCUT2D eigenvalue weighted by Crippen LogP contribution is 2.34. The summed E-state index contributed by atoms with van der Waals surface area (Å²) in [7, 11) is 0. The molecule has 136 valence electrons. The van der Waals surface area contributed by atoms with Gasteiger partial charge in [-0.1, -0.05) is 12.1 Å². The first kappa shape index (κ1) is 16.8. The van der Waals surface area contributed by atoms with Gasteiger partial charge in [-0.2, -0.15) is 13.2 Å². The quantitative estimate of drug-likeness (QED) is 0.564. The van der Waals surface area contributed by atoms with Crippen LogP contribution in [0.4, 0.5) is 13.2 Å². The molecule has 0 atom stereocenters. The molecular weight excluding hydrogens is 363 g/mol. The van der Waals surface area contributed by atoms with Gasteiger partial charge in [0.2, 0.25) is 0 Å². The number of halogens is 3. The summed E-state index contributed by atoms with van der Waals surface area (Å²) >= 11 is 0. The van der Waals surface area contributed by atoms with Crippen molar-refractivity contribution in [3.63, 3.8) is 0 Å². The molecule has 2 N–H and O–H groups in total. The Balaban J connectivity index is 2.02. The van der Waals surface area contributed by atoms with Gasteiger partial charge in [0.15, 0.2) is 11.5 Å². The van der Waals surface area contributed by atoms with Crippen LogP contribution >= 0.6 is 0 Å². The third kappa shape index (κ3) is 2.80. The number of rotatable bonds is 2. The van der Waals surface area contributed by atoms with Crippen molar-refractivity contribution in [1.29, 1.82) is 0 Å². The summed E-state index contributed by atoms with van der Waals surface area (Å²) < 4.78 is 40.9. The lowest BCUT2D eigenvalue weighted by Gasteiger charge is -2.13. The molecule has 4 aromatic rings. The number of alkyl halides is 3. The van der Waals surface area contributed by atoms with E-state index >= 15 is 0 Å². The third-order valence-corrected chi connectivity index (χ3v) is 3.93. The first-order valence-electron chi connectivity index (χ1n) is 7.69. The molecule has 0 saturated carbocycles. The highest BCUT2D eigenvalue weighted by Gasteiger charge is 2.34. The second-order valence-corrected chi connectivity index (χ2v) is 5.62. The van der Waals surface area contributed by atoms with Gasteiger partial charge in [-0.3, -0.25) is 4.79 Å². The molecule has 0 bridgehead atoms. The van der Waals surface area contributed by atoms with Gasteiger partial charge in [0.1, 0.15) is 5.52 Å². The SMILES string of the molecule is O=c1[nH]cccc1-c1ncc2[nH]c(=O)n(-c3ccccc3C(F)(F)F)c2n1. The summed E-state index contributed by atoms with van der Waals surface area (Å²) in [6.07, 6.45) is -1.99. The first-order valence-corrected chi connectivity index (χ1v) is 7.69. The Hall–Kier alpha value is -3.69. The van der Waals surface area contributed by atoms with Crippen LogP contribution in [0, 0.1) is 0 Å². The maximum absolute atomic E-state index is 13.4. The standard InChI is InChI=1S/C17H10F3N5O2/c18-17(19,20)10-5-1-2-6-12(10)25-14-11(23-16(25)27)8-22-13(24-14)9-4-3-7-21-15(9)26/h1-8H,(H,21,26)(H,23,27). The normalized spacial score (nSPS) is 11.8. The average Bonchev–Trinajstić information content (AvgIpc) is 2.96. The van der Waals surface area contributed by atoms with Crippen LogP contribution in [-0.2, 0) is 6.18 Å². The zero-order valence-electron chi connectivity index (χ0n) is 13.4. The van der Waals surface area contributed by atoms with Crippen molar-refractivity contribution < 1.29 is 13.2 Å². The predicted molar refractivity (Wildman–Crippen MR) is 90.5 cm³/mol. The second-order valence-electron chi connectivity index (χ2n) is 5.62. The molecule has 0 unspecified atom stereocenters. The Kier molecular flexibility index (Phi) is 3.69. The van der Waals surface area contributed by atoms with E-state index in [2.05, 4.69) is 19.9 Å². The zero-order valence-corrected chi connectivity index (χ0v) is 13.4. The van der Waals surface area contributed by atoms with Crippen molar-refractivity contribution in [2.24, 2.45) is 0 Å². The van der Waals surface area contributed by atoms with E-state index in [0.29, 0.717) is 0 Å². The van der Waals surface area contributed by atoms with Crippen molar-refractivity contribution in [2.75, 3.05) is 0 Å². The zero-order chi connectivity index (χ0) is 19.2. The van der Waals surface area contributed by atoms with E-state index in [0.717, 1.165) is 10.6 Å². The van der Waals surface area contributed by atoms with Crippen LogP contribution in [0.5, 0.6) is 0 Å². The fourth-order valence-electron chi connectivity index (χ4n) is 2.76. The van der Waals surface area contributed by atoms with Gasteiger partial charge >= 0.3 is 11.9 Å². The largest absolute Gasteiger partial charge is 0.418 e. The minimum absolute atomic E-state index is 0.0124. The maximum Gasteiger partial charge on any atom is 0.418 e. The molecular formula is C17H10F3N5O2. The molecule has 1 aromatic carbocycles. The molecule has 3 heterocycles. The summed E-state index contributed by atoms with van der Waals surface area (Å²) in [6, 6.07) is 7.71. The topological polar surface area (TPSA) is 96.4 Å². The Morgan fingerprint density at radius 1 is 1.04 bits per heavy atom. The summed E-state index contributed by atoms with van der Waals surface area (Å²) in [5, 5.41) is 0. The van der Waals surface area contributed by atoms with Gasteiger partial charge in [0, 0.05) is 6.20 Å². The monoisotopic (exact) mass is 373 g/mol. The van der Waals surface area contributed by atoms with Crippen molar-refractivity contribution in [3.8, 4) is 17.1 Å². The van der Waals surface area contributed by atoms with Gasteiger partial charge in [0.05, 0.1) is 23.0 Å². The molecule has 0 aliphatic heterocycles. The Morgan fingerprint density at radius 2 is 1.81 bits per heavy atom. The molecule has 4 rings (SSSR count). The smallest absolute Gasteiger partial charge is 0.328 e. The summed E-state index contributed by atoms with van der Waals surface area (Å²) in [5.41, 5.74) is -2.40. The molecule has 3 aromatic heterocycles. The van der Waals surface area contributed by atoms with Gasteiger partial charge in [-0.05, 0) is 24.3 Å². The molecule has 10 heteroatoms. The molecule has 27 heavy (non-hydrogen) atoms. The van der Waals surface area contributed by atoms with Crippen LogP contribution in [0.1, 0.15) is 5.56 Å². The number of pyridine rings is 1. The van der Waals surface area contributed by atoms with E-state index in [4.69, 9.17) is 0 Å². The number of imidazole rings is 1. The summed E-state index contributed by atoms with van der Waals surface area (Å²) in [5.74, 6) is -0.0124. The van der Waals surface area contributed by atoms with Crippen LogP contribution in [0.15, 0.2) is 58.4 Å². The lowest BCUT2D eigenvalue weighted by Crippen LogP contribution is -2.19. The lowest BCUT2D eigenvalue weighted by molar-refractivity contribution is -0.137. The fourth-order valence-corrected chi connectivity index (χ4v) is 2.76. The Labute approximate surface area is 148 Å². The number of benzene rings is 1. The fraction of sp³-hybridized carbons (Fsp3) is 0.0588. The first-order chi connectivity index (χ1) is 12.9. The molecule has 0 radical (unpaired) electrons. The number of H-pyrrole nitrogens is 2. The van der Waals surface area contributed by atoms with Crippen LogP contribution < -0.4 is 11.2 Å². The van der Waals surface area contributed by atoms with Crippen molar-refractivity contribution in [1.82, 2.24) is 24.5 Å². The number of hydrogen-bond donors (Lipinski definition) is 2. The lowest BCUT2D eigenvalue weighted by atomic mass is 10.1.